The molecule has 112 valence electrons. The molecule has 4 nitrogen and oxygen atoms in total. The molecule has 0 bridgehead atoms. The van der Waals surface area contributed by atoms with Crippen LogP contribution in [-0.2, 0) is 11.3 Å². The lowest BCUT2D eigenvalue weighted by Gasteiger charge is -2.11. The number of nitrogens with zero attached hydrogens (tertiary/aromatic N) is 2. The Kier molecular flexibility index (Phi) is 4.06. The summed E-state index contributed by atoms with van der Waals surface area (Å²) < 4.78 is 27.5. The fourth-order valence-corrected chi connectivity index (χ4v) is 2.08. The van der Waals surface area contributed by atoms with Crippen LogP contribution in [0.5, 0.6) is 0 Å². The van der Waals surface area contributed by atoms with Gasteiger partial charge in [-0.2, -0.15) is 13.9 Å². The average molecular weight is 293 g/mol. The summed E-state index contributed by atoms with van der Waals surface area (Å²) in [7, 11) is 0. The van der Waals surface area contributed by atoms with Gasteiger partial charge in [0.15, 0.2) is 0 Å². The second kappa shape index (κ2) is 5.63. The van der Waals surface area contributed by atoms with Gasteiger partial charge in [-0.25, -0.2) is 4.68 Å². The molecule has 1 aromatic heterocycles. The van der Waals surface area contributed by atoms with Crippen LogP contribution in [0.15, 0.2) is 30.3 Å². The number of hydrogen-bond donors (Lipinski definition) is 1. The maximum absolute atomic E-state index is 12.9. The van der Waals surface area contributed by atoms with Crippen LogP contribution in [0.25, 0.3) is 5.69 Å². The summed E-state index contributed by atoms with van der Waals surface area (Å²) in [4.78, 5) is 11.2. The number of aryl methyl sites for hydroxylation is 1. The van der Waals surface area contributed by atoms with Gasteiger partial charge in [0.2, 0.25) is 0 Å². The van der Waals surface area contributed by atoms with Crippen molar-refractivity contribution in [3.8, 4) is 5.69 Å². The first kappa shape index (κ1) is 15.2. The highest BCUT2D eigenvalue weighted by Gasteiger charge is 2.32. The Morgan fingerprint density at radius 1 is 1.29 bits per heavy atom. The van der Waals surface area contributed by atoms with Gasteiger partial charge in [0.25, 0.3) is 5.91 Å². The Hall–Kier alpha value is -2.24. The third kappa shape index (κ3) is 3.26. The number of para-hydroxylation sites is 1. The van der Waals surface area contributed by atoms with Gasteiger partial charge in [0, 0.05) is 24.7 Å². The molecule has 0 aliphatic rings. The van der Waals surface area contributed by atoms with Crippen LogP contribution in [0, 0.1) is 13.8 Å². The molecule has 0 saturated carbocycles. The molecule has 0 radical (unpaired) electrons. The lowest BCUT2D eigenvalue weighted by atomic mass is 10.2. The fourth-order valence-electron chi connectivity index (χ4n) is 2.08. The molecule has 1 N–H and O–H groups in total. The summed E-state index contributed by atoms with van der Waals surface area (Å²) in [6.45, 7) is 4.25. The van der Waals surface area contributed by atoms with E-state index in [0.717, 1.165) is 16.9 Å². The predicted octanol–water partition coefficient (Wildman–Crippen LogP) is 2.76. The molecule has 0 fully saturated rings. The van der Waals surface area contributed by atoms with Crippen LogP contribution in [0.1, 0.15) is 23.9 Å². The molecule has 0 spiro atoms. The summed E-state index contributed by atoms with van der Waals surface area (Å²) in [5.41, 5.74) is 3.16. The van der Waals surface area contributed by atoms with Gasteiger partial charge in [-0.3, -0.25) is 4.79 Å². The highest BCUT2D eigenvalue weighted by Crippen LogP contribution is 2.18. The van der Waals surface area contributed by atoms with Gasteiger partial charge < -0.3 is 5.32 Å². The summed E-state index contributed by atoms with van der Waals surface area (Å²) >= 11 is 0. The largest absolute Gasteiger partial charge is 0.347 e. The van der Waals surface area contributed by atoms with Crippen LogP contribution in [0.4, 0.5) is 8.78 Å². The number of carbonyl (C=O) groups excluding carboxylic acids is 1. The Balaban J connectivity index is 2.23. The molecule has 0 unspecified atom stereocenters. The van der Waals surface area contributed by atoms with Crippen molar-refractivity contribution < 1.29 is 13.6 Å². The Morgan fingerprint density at radius 2 is 1.90 bits per heavy atom. The van der Waals surface area contributed by atoms with E-state index in [1.807, 2.05) is 37.3 Å². The first-order valence-corrected chi connectivity index (χ1v) is 6.57. The molecule has 0 atom stereocenters. The van der Waals surface area contributed by atoms with Crippen molar-refractivity contribution in [2.45, 2.75) is 33.2 Å². The third-order valence-electron chi connectivity index (χ3n) is 3.27. The molecule has 2 rings (SSSR count). The average Bonchev–Trinajstić information content (AvgIpc) is 2.71. The number of carbonyl (C=O) groups is 1. The van der Waals surface area contributed by atoms with Crippen molar-refractivity contribution in [3.05, 3.63) is 47.3 Å². The van der Waals surface area contributed by atoms with Crippen molar-refractivity contribution in [3.63, 3.8) is 0 Å². The third-order valence-corrected chi connectivity index (χ3v) is 3.27. The number of rotatable bonds is 4. The number of hydrogen-bond acceptors (Lipinski definition) is 2. The van der Waals surface area contributed by atoms with Crippen molar-refractivity contribution in [2.75, 3.05) is 0 Å². The quantitative estimate of drug-likeness (QED) is 0.942. The van der Waals surface area contributed by atoms with Crippen molar-refractivity contribution >= 4 is 5.91 Å². The van der Waals surface area contributed by atoms with E-state index in [1.54, 1.807) is 11.6 Å². The van der Waals surface area contributed by atoms with Crippen molar-refractivity contribution in [1.29, 1.82) is 0 Å². The Bertz CT molecular complexity index is 645. The highest BCUT2D eigenvalue weighted by atomic mass is 19.3. The molecule has 0 aliphatic carbocycles. The van der Waals surface area contributed by atoms with Gasteiger partial charge >= 0.3 is 5.92 Å². The molecule has 1 amide bonds. The number of benzene rings is 1. The Labute approximate surface area is 121 Å². The number of aromatic nitrogens is 2. The number of halogens is 2. The number of nitrogens with one attached hydrogen (secondary N) is 1. The maximum atomic E-state index is 12.9. The molecule has 0 aliphatic heterocycles. The summed E-state index contributed by atoms with van der Waals surface area (Å²) in [6, 6.07) is 9.50. The minimum Gasteiger partial charge on any atom is -0.347 e. The zero-order chi connectivity index (χ0) is 15.6. The van der Waals surface area contributed by atoms with Crippen LogP contribution in [-0.4, -0.2) is 21.6 Å². The van der Waals surface area contributed by atoms with E-state index in [9.17, 15) is 13.6 Å². The zero-order valence-corrected chi connectivity index (χ0v) is 12.2. The topological polar surface area (TPSA) is 46.9 Å². The fraction of sp³-hybridized carbons (Fsp3) is 0.333. The highest BCUT2D eigenvalue weighted by molar-refractivity contribution is 5.82. The van der Waals surface area contributed by atoms with Crippen molar-refractivity contribution in [2.24, 2.45) is 0 Å². The van der Waals surface area contributed by atoms with E-state index in [1.165, 1.54) is 0 Å². The minimum absolute atomic E-state index is 0.0345. The summed E-state index contributed by atoms with van der Waals surface area (Å²) in [6.07, 6.45) is 0. The lowest BCUT2D eigenvalue weighted by molar-refractivity contribution is -0.143. The standard InChI is InChI=1S/C15H17F2N3O/c1-10-13(9-18-14(21)15(3,16)17)11(2)20(19-10)12-7-5-4-6-8-12/h4-8H,9H2,1-3H3,(H,18,21). The van der Waals surface area contributed by atoms with Crippen LogP contribution >= 0.6 is 0 Å². The molecule has 0 saturated heterocycles. The van der Waals surface area contributed by atoms with Gasteiger partial charge in [0.05, 0.1) is 11.4 Å². The second-order valence-electron chi connectivity index (χ2n) is 4.97. The predicted molar refractivity (Wildman–Crippen MR) is 75.5 cm³/mol. The van der Waals surface area contributed by atoms with E-state index < -0.39 is 11.8 Å². The smallest absolute Gasteiger partial charge is 0.321 e. The molecular formula is C15H17F2N3O. The first-order chi connectivity index (χ1) is 9.80. The monoisotopic (exact) mass is 293 g/mol. The molecule has 1 aromatic carbocycles. The normalized spacial score (nSPS) is 11.5. The van der Waals surface area contributed by atoms with Crippen LogP contribution in [0.3, 0.4) is 0 Å². The van der Waals surface area contributed by atoms with E-state index in [2.05, 4.69) is 10.4 Å². The molecule has 21 heavy (non-hydrogen) atoms. The van der Waals surface area contributed by atoms with Gasteiger partial charge in [0.1, 0.15) is 0 Å². The van der Waals surface area contributed by atoms with E-state index >= 15 is 0 Å². The number of alkyl halides is 2. The van der Waals surface area contributed by atoms with E-state index in [-0.39, 0.29) is 6.54 Å². The van der Waals surface area contributed by atoms with Gasteiger partial charge in [-0.15, -0.1) is 0 Å². The summed E-state index contributed by atoms with van der Waals surface area (Å²) in [5, 5.41) is 6.64. The van der Waals surface area contributed by atoms with Crippen LogP contribution < -0.4 is 5.32 Å². The molecular weight excluding hydrogens is 276 g/mol. The van der Waals surface area contributed by atoms with E-state index in [4.69, 9.17) is 0 Å². The van der Waals surface area contributed by atoms with Crippen molar-refractivity contribution in [1.82, 2.24) is 15.1 Å². The zero-order valence-electron chi connectivity index (χ0n) is 12.2. The van der Waals surface area contributed by atoms with Gasteiger partial charge in [-0.1, -0.05) is 18.2 Å². The summed E-state index contributed by atoms with van der Waals surface area (Å²) in [5.74, 6) is -4.66. The Morgan fingerprint density at radius 3 is 2.48 bits per heavy atom. The maximum Gasteiger partial charge on any atom is 0.321 e. The first-order valence-electron chi connectivity index (χ1n) is 6.57. The second-order valence-corrected chi connectivity index (χ2v) is 4.97. The molecule has 1 heterocycles. The lowest BCUT2D eigenvalue weighted by Crippen LogP contribution is -2.37. The van der Waals surface area contributed by atoms with Gasteiger partial charge in [-0.05, 0) is 26.0 Å². The number of amides is 1. The molecule has 2 aromatic rings. The minimum atomic E-state index is -3.38. The molecule has 6 heteroatoms. The van der Waals surface area contributed by atoms with E-state index in [0.29, 0.717) is 12.6 Å². The SMILES string of the molecule is Cc1nn(-c2ccccc2)c(C)c1CNC(=O)C(C)(F)F. The van der Waals surface area contributed by atoms with Crippen LogP contribution in [0.2, 0.25) is 0 Å².